The first-order chi connectivity index (χ1) is 8.90. The second kappa shape index (κ2) is 5.14. The van der Waals surface area contributed by atoms with Crippen LogP contribution in [0.1, 0.15) is 22.8 Å². The summed E-state index contributed by atoms with van der Waals surface area (Å²) in [7, 11) is -3.54. The number of aromatic nitrogens is 3. The van der Waals surface area contributed by atoms with E-state index in [0.29, 0.717) is 23.6 Å². The molecule has 0 amide bonds. The van der Waals surface area contributed by atoms with Crippen LogP contribution in [0.15, 0.2) is 15.5 Å². The fourth-order valence-corrected chi connectivity index (χ4v) is 3.26. The van der Waals surface area contributed by atoms with Crippen LogP contribution in [0.3, 0.4) is 0 Å². The van der Waals surface area contributed by atoms with Crippen molar-refractivity contribution in [3.05, 3.63) is 28.9 Å². The molecular formula is C11H16N4O3S. The van der Waals surface area contributed by atoms with Crippen molar-refractivity contribution < 1.29 is 12.9 Å². The minimum Gasteiger partial charge on any atom is -0.361 e. The summed E-state index contributed by atoms with van der Waals surface area (Å²) >= 11 is 0. The van der Waals surface area contributed by atoms with Crippen molar-refractivity contribution in [3.8, 4) is 0 Å². The number of nitrogens with zero attached hydrogens (tertiary/aromatic N) is 2. The molecule has 0 aliphatic heterocycles. The van der Waals surface area contributed by atoms with Crippen LogP contribution < -0.4 is 4.72 Å². The van der Waals surface area contributed by atoms with Crippen LogP contribution in [0, 0.1) is 20.8 Å². The smallest absolute Gasteiger partial charge is 0.244 e. The first-order valence-corrected chi connectivity index (χ1v) is 7.32. The molecule has 2 rings (SSSR count). The SMILES string of the molecule is Cc1cc(CCNS(=O)(=O)c2c(C)n[nH]c2C)no1. The molecule has 0 bridgehead atoms. The van der Waals surface area contributed by atoms with Gasteiger partial charge < -0.3 is 4.52 Å². The third-order valence-corrected chi connectivity index (χ3v) is 4.40. The lowest BCUT2D eigenvalue weighted by Gasteiger charge is -2.05. The minimum absolute atomic E-state index is 0.212. The number of aryl methyl sites for hydroxylation is 3. The van der Waals surface area contributed by atoms with Crippen molar-refractivity contribution >= 4 is 10.0 Å². The molecule has 0 aliphatic carbocycles. The Morgan fingerprint density at radius 3 is 2.63 bits per heavy atom. The molecule has 2 N–H and O–H groups in total. The van der Waals surface area contributed by atoms with Crippen molar-refractivity contribution in [1.82, 2.24) is 20.1 Å². The Labute approximate surface area is 111 Å². The molecule has 0 saturated carbocycles. The average Bonchev–Trinajstić information content (AvgIpc) is 2.86. The quantitative estimate of drug-likeness (QED) is 0.847. The van der Waals surface area contributed by atoms with Crippen molar-refractivity contribution in [2.24, 2.45) is 0 Å². The highest BCUT2D eigenvalue weighted by molar-refractivity contribution is 7.89. The van der Waals surface area contributed by atoms with Gasteiger partial charge in [0, 0.05) is 19.0 Å². The largest absolute Gasteiger partial charge is 0.361 e. The van der Waals surface area contributed by atoms with E-state index in [4.69, 9.17) is 4.52 Å². The first kappa shape index (κ1) is 13.8. The van der Waals surface area contributed by atoms with Crippen LogP contribution in [-0.2, 0) is 16.4 Å². The number of aromatic amines is 1. The summed E-state index contributed by atoms with van der Waals surface area (Å²) in [5, 5.41) is 10.3. The molecular weight excluding hydrogens is 268 g/mol. The Kier molecular flexibility index (Phi) is 3.72. The molecule has 0 radical (unpaired) electrons. The number of H-pyrrole nitrogens is 1. The highest BCUT2D eigenvalue weighted by atomic mass is 32.2. The molecule has 8 heteroatoms. The second-order valence-corrected chi connectivity index (χ2v) is 6.04. The first-order valence-electron chi connectivity index (χ1n) is 5.83. The maximum atomic E-state index is 12.1. The van der Waals surface area contributed by atoms with Crippen LogP contribution in [0.2, 0.25) is 0 Å². The van der Waals surface area contributed by atoms with Gasteiger partial charge in [0.15, 0.2) is 0 Å². The molecule has 2 aromatic rings. The molecule has 19 heavy (non-hydrogen) atoms. The molecule has 0 fully saturated rings. The van der Waals surface area contributed by atoms with Gasteiger partial charge in [-0.3, -0.25) is 5.10 Å². The molecule has 0 aliphatic rings. The van der Waals surface area contributed by atoms with E-state index in [-0.39, 0.29) is 11.4 Å². The van der Waals surface area contributed by atoms with Crippen LogP contribution in [-0.4, -0.2) is 30.3 Å². The number of hydrogen-bond donors (Lipinski definition) is 2. The van der Waals surface area contributed by atoms with E-state index in [9.17, 15) is 8.42 Å². The van der Waals surface area contributed by atoms with Crippen LogP contribution in [0.25, 0.3) is 0 Å². The van der Waals surface area contributed by atoms with Crippen LogP contribution >= 0.6 is 0 Å². The Morgan fingerprint density at radius 1 is 1.37 bits per heavy atom. The van der Waals surface area contributed by atoms with Gasteiger partial charge in [-0.2, -0.15) is 5.10 Å². The standard InChI is InChI=1S/C11H16N4O3S/c1-7-6-10(15-18-7)4-5-12-19(16,17)11-8(2)13-14-9(11)3/h6,12H,4-5H2,1-3H3,(H,13,14). The summed E-state index contributed by atoms with van der Waals surface area (Å²) in [5.74, 6) is 0.708. The monoisotopic (exact) mass is 284 g/mol. The van der Waals surface area contributed by atoms with E-state index >= 15 is 0 Å². The maximum Gasteiger partial charge on any atom is 0.244 e. The molecule has 2 aromatic heterocycles. The summed E-state index contributed by atoms with van der Waals surface area (Å²) in [6.45, 7) is 5.38. The predicted molar refractivity (Wildman–Crippen MR) is 68.2 cm³/mol. The third kappa shape index (κ3) is 3.02. The van der Waals surface area contributed by atoms with Gasteiger partial charge in [-0.1, -0.05) is 5.16 Å². The van der Waals surface area contributed by atoms with E-state index in [0.717, 1.165) is 5.69 Å². The van der Waals surface area contributed by atoms with Crippen molar-refractivity contribution in [2.45, 2.75) is 32.1 Å². The zero-order valence-corrected chi connectivity index (χ0v) is 11.8. The Morgan fingerprint density at radius 2 is 2.11 bits per heavy atom. The number of nitrogens with one attached hydrogen (secondary N) is 2. The number of sulfonamides is 1. The van der Waals surface area contributed by atoms with Crippen LogP contribution in [0.4, 0.5) is 0 Å². The van der Waals surface area contributed by atoms with Gasteiger partial charge in [0.05, 0.1) is 17.1 Å². The van der Waals surface area contributed by atoms with Gasteiger partial charge in [0.25, 0.3) is 0 Å². The van der Waals surface area contributed by atoms with Crippen molar-refractivity contribution in [1.29, 1.82) is 0 Å². The molecule has 7 nitrogen and oxygen atoms in total. The van der Waals surface area contributed by atoms with E-state index in [1.165, 1.54) is 0 Å². The topological polar surface area (TPSA) is 101 Å². The third-order valence-electron chi connectivity index (χ3n) is 2.68. The molecule has 0 unspecified atom stereocenters. The normalized spacial score (nSPS) is 11.9. The molecule has 2 heterocycles. The molecule has 0 spiro atoms. The lowest BCUT2D eigenvalue weighted by Crippen LogP contribution is -2.26. The summed E-state index contributed by atoms with van der Waals surface area (Å²) < 4.78 is 31.7. The van der Waals surface area contributed by atoms with E-state index in [2.05, 4.69) is 20.1 Å². The van der Waals surface area contributed by atoms with Gasteiger partial charge >= 0.3 is 0 Å². The lowest BCUT2D eigenvalue weighted by molar-refractivity contribution is 0.390. The average molecular weight is 284 g/mol. The van der Waals surface area contributed by atoms with Gasteiger partial charge in [0.1, 0.15) is 10.7 Å². The van der Waals surface area contributed by atoms with Gasteiger partial charge in [-0.15, -0.1) is 0 Å². The fraction of sp³-hybridized carbons (Fsp3) is 0.455. The minimum atomic E-state index is -3.54. The van der Waals surface area contributed by atoms with E-state index < -0.39 is 10.0 Å². The van der Waals surface area contributed by atoms with Gasteiger partial charge in [0.2, 0.25) is 10.0 Å². The molecule has 0 saturated heterocycles. The van der Waals surface area contributed by atoms with Crippen molar-refractivity contribution in [3.63, 3.8) is 0 Å². The summed E-state index contributed by atoms with van der Waals surface area (Å²) in [6.07, 6.45) is 0.479. The van der Waals surface area contributed by atoms with Gasteiger partial charge in [-0.25, -0.2) is 13.1 Å². The highest BCUT2D eigenvalue weighted by Gasteiger charge is 2.21. The number of hydrogen-bond acceptors (Lipinski definition) is 5. The summed E-state index contributed by atoms with van der Waals surface area (Å²) in [4.78, 5) is 0.212. The molecule has 104 valence electrons. The highest BCUT2D eigenvalue weighted by Crippen LogP contribution is 2.16. The van der Waals surface area contributed by atoms with Gasteiger partial charge in [-0.05, 0) is 20.8 Å². The fourth-order valence-electron chi connectivity index (χ4n) is 1.86. The van der Waals surface area contributed by atoms with Crippen LogP contribution in [0.5, 0.6) is 0 Å². The molecule has 0 aromatic carbocycles. The molecule has 0 atom stereocenters. The summed E-state index contributed by atoms with van der Waals surface area (Å²) in [5.41, 5.74) is 1.71. The predicted octanol–water partition coefficient (Wildman–Crippen LogP) is 0.844. The van der Waals surface area contributed by atoms with E-state index in [1.54, 1.807) is 26.8 Å². The summed E-state index contributed by atoms with van der Waals surface area (Å²) in [6, 6.07) is 1.78. The Hall–Kier alpha value is -1.67. The Bertz CT molecular complexity index is 652. The van der Waals surface area contributed by atoms with E-state index in [1.807, 2.05) is 0 Å². The second-order valence-electron chi connectivity index (χ2n) is 4.34. The zero-order valence-electron chi connectivity index (χ0n) is 11.0. The van der Waals surface area contributed by atoms with Crippen molar-refractivity contribution in [2.75, 3.05) is 6.54 Å². The zero-order chi connectivity index (χ0) is 14.0. The lowest BCUT2D eigenvalue weighted by atomic mass is 10.3. The Balaban J connectivity index is 2.03. The number of rotatable bonds is 5. The maximum absolute atomic E-state index is 12.1.